The van der Waals surface area contributed by atoms with Gasteiger partial charge in [0.25, 0.3) is 0 Å². The summed E-state index contributed by atoms with van der Waals surface area (Å²) in [7, 11) is 4.41. The number of amides is 1. The summed E-state index contributed by atoms with van der Waals surface area (Å²) < 4.78 is 28.2. The number of fused-ring (bicyclic) bond motifs is 1. The monoisotopic (exact) mass is 402 g/mol. The van der Waals surface area contributed by atoms with Crippen molar-refractivity contribution in [1.82, 2.24) is 14.6 Å². The minimum Gasteiger partial charge on any atom is -0.493 e. The largest absolute Gasteiger partial charge is 0.493 e. The van der Waals surface area contributed by atoms with Crippen LogP contribution in [0.3, 0.4) is 0 Å². The maximum absolute atomic E-state index is 11.3. The second-order valence-corrected chi connectivity index (χ2v) is 5.77. The van der Waals surface area contributed by atoms with Crippen LogP contribution in [0.1, 0.15) is 12.5 Å². The second kappa shape index (κ2) is 9.00. The zero-order valence-corrected chi connectivity index (χ0v) is 16.6. The van der Waals surface area contributed by atoms with Crippen LogP contribution in [-0.2, 0) is 11.3 Å². The first-order chi connectivity index (χ1) is 14.1. The quantitative estimate of drug-likeness (QED) is 0.613. The van der Waals surface area contributed by atoms with E-state index < -0.39 is 6.09 Å². The summed E-state index contributed by atoms with van der Waals surface area (Å²) in [6, 6.07) is 7.06. The third-order valence-electron chi connectivity index (χ3n) is 3.91. The van der Waals surface area contributed by atoms with Crippen LogP contribution in [-0.4, -0.2) is 48.6 Å². The van der Waals surface area contributed by atoms with E-state index in [9.17, 15) is 4.79 Å². The zero-order valence-electron chi connectivity index (χ0n) is 16.6. The molecule has 10 nitrogen and oxygen atoms in total. The van der Waals surface area contributed by atoms with Gasteiger partial charge in [-0.2, -0.15) is 0 Å². The molecule has 0 aliphatic heterocycles. The van der Waals surface area contributed by atoms with Crippen LogP contribution in [0.25, 0.3) is 5.65 Å². The summed E-state index contributed by atoms with van der Waals surface area (Å²) in [5.41, 5.74) is 1.37. The Morgan fingerprint density at radius 3 is 2.45 bits per heavy atom. The highest BCUT2D eigenvalue weighted by Gasteiger charge is 2.14. The smallest absolute Gasteiger partial charge is 0.412 e. The molecule has 0 bridgehead atoms. The van der Waals surface area contributed by atoms with E-state index in [1.165, 1.54) is 11.6 Å². The maximum Gasteiger partial charge on any atom is 0.412 e. The number of hydrogen-bond acceptors (Lipinski definition) is 8. The van der Waals surface area contributed by atoms with Crippen molar-refractivity contribution in [2.45, 2.75) is 13.5 Å². The van der Waals surface area contributed by atoms with E-state index in [4.69, 9.17) is 18.9 Å². The van der Waals surface area contributed by atoms with Gasteiger partial charge in [0, 0.05) is 6.07 Å². The zero-order chi connectivity index (χ0) is 20.8. The summed E-state index contributed by atoms with van der Waals surface area (Å²) >= 11 is 0. The second-order valence-electron chi connectivity index (χ2n) is 5.77. The van der Waals surface area contributed by atoms with Crippen molar-refractivity contribution in [3.05, 3.63) is 36.0 Å². The summed E-state index contributed by atoms with van der Waals surface area (Å²) in [6.07, 6.45) is 0.950. The van der Waals surface area contributed by atoms with Crippen LogP contribution in [0.15, 0.2) is 30.5 Å². The van der Waals surface area contributed by atoms with Crippen LogP contribution in [0.4, 0.5) is 10.6 Å². The number of hydrogen-bond donors (Lipinski definition) is 1. The molecule has 0 radical (unpaired) electrons. The molecular formula is C19H22N4O6. The molecule has 0 fully saturated rings. The van der Waals surface area contributed by atoms with Gasteiger partial charge in [0.1, 0.15) is 6.61 Å². The fourth-order valence-corrected chi connectivity index (χ4v) is 2.62. The van der Waals surface area contributed by atoms with Gasteiger partial charge in [-0.05, 0) is 30.7 Å². The highest BCUT2D eigenvalue weighted by atomic mass is 16.5. The number of anilines is 1. The third-order valence-corrected chi connectivity index (χ3v) is 3.91. The molecule has 0 spiro atoms. The van der Waals surface area contributed by atoms with Gasteiger partial charge < -0.3 is 23.7 Å². The first-order valence-corrected chi connectivity index (χ1v) is 8.79. The summed E-state index contributed by atoms with van der Waals surface area (Å²) in [6.45, 7) is 2.61. The van der Waals surface area contributed by atoms with Crippen molar-refractivity contribution in [2.24, 2.45) is 0 Å². The predicted octanol–water partition coefficient (Wildman–Crippen LogP) is 2.90. The molecule has 0 aliphatic carbocycles. The molecule has 1 aromatic carbocycles. The van der Waals surface area contributed by atoms with Crippen molar-refractivity contribution in [3.8, 4) is 23.1 Å². The van der Waals surface area contributed by atoms with Gasteiger partial charge in [0.15, 0.2) is 23.0 Å². The first-order valence-electron chi connectivity index (χ1n) is 8.79. The molecular weight excluding hydrogens is 380 g/mol. The predicted molar refractivity (Wildman–Crippen MR) is 104 cm³/mol. The number of imidazole rings is 1. The van der Waals surface area contributed by atoms with Gasteiger partial charge in [-0.3, -0.25) is 5.32 Å². The van der Waals surface area contributed by atoms with Gasteiger partial charge in [0.2, 0.25) is 11.6 Å². The topological polar surface area (TPSA) is 105 Å². The Kier molecular flexibility index (Phi) is 6.22. The van der Waals surface area contributed by atoms with E-state index in [0.29, 0.717) is 41.2 Å². The molecule has 29 heavy (non-hydrogen) atoms. The fourth-order valence-electron chi connectivity index (χ4n) is 2.62. The van der Waals surface area contributed by atoms with E-state index in [-0.39, 0.29) is 6.61 Å². The molecule has 0 saturated carbocycles. The van der Waals surface area contributed by atoms with E-state index in [1.807, 2.05) is 19.1 Å². The van der Waals surface area contributed by atoms with Gasteiger partial charge in [-0.15, -0.1) is 5.10 Å². The first kappa shape index (κ1) is 20.1. The Labute approximate surface area is 167 Å². The molecule has 0 aliphatic rings. The fraction of sp³-hybridized carbons (Fsp3) is 0.316. The average molecular weight is 402 g/mol. The summed E-state index contributed by atoms with van der Waals surface area (Å²) in [5.74, 6) is 2.36. The molecule has 2 aromatic heterocycles. The highest BCUT2D eigenvalue weighted by molar-refractivity contribution is 5.83. The molecule has 154 valence electrons. The Morgan fingerprint density at radius 2 is 1.83 bits per heavy atom. The normalized spacial score (nSPS) is 10.5. The van der Waals surface area contributed by atoms with Crippen molar-refractivity contribution in [1.29, 1.82) is 0 Å². The van der Waals surface area contributed by atoms with Gasteiger partial charge in [-0.25, -0.2) is 14.3 Å². The molecule has 10 heteroatoms. The minimum absolute atomic E-state index is 0.236. The summed E-state index contributed by atoms with van der Waals surface area (Å²) in [5, 5.41) is 6.81. The summed E-state index contributed by atoms with van der Waals surface area (Å²) in [4.78, 5) is 15.5. The Hall–Kier alpha value is -3.69. The van der Waals surface area contributed by atoms with Gasteiger partial charge in [-0.1, -0.05) is 0 Å². The standard InChI is InChI=1S/C19H22N4O6/c1-5-28-18-13(25-2)8-12(9-14(18)26-3)11-29-17-7-6-16-20-15(10-23(16)22-17)21-19(24)27-4/h6-10H,5,11H2,1-4H3,(H,21,24). The number of nitrogens with zero attached hydrogens (tertiary/aromatic N) is 3. The Bertz CT molecular complexity index is 979. The minimum atomic E-state index is -0.608. The lowest BCUT2D eigenvalue weighted by atomic mass is 10.2. The van der Waals surface area contributed by atoms with Crippen molar-refractivity contribution >= 4 is 17.6 Å². The number of carbonyl (C=O) groups is 1. The molecule has 2 heterocycles. The number of benzene rings is 1. The van der Waals surface area contributed by atoms with Crippen molar-refractivity contribution in [3.63, 3.8) is 0 Å². The maximum atomic E-state index is 11.3. The number of carbonyl (C=O) groups excluding carboxylic acids is 1. The van der Waals surface area contributed by atoms with Gasteiger partial charge >= 0.3 is 6.09 Å². The van der Waals surface area contributed by atoms with Crippen molar-refractivity contribution < 1.29 is 28.5 Å². The molecule has 0 unspecified atom stereocenters. The molecule has 0 atom stereocenters. The lowest BCUT2D eigenvalue weighted by Gasteiger charge is -2.15. The van der Waals surface area contributed by atoms with Crippen LogP contribution >= 0.6 is 0 Å². The van der Waals surface area contributed by atoms with Crippen LogP contribution in [0.2, 0.25) is 0 Å². The van der Waals surface area contributed by atoms with E-state index in [2.05, 4.69) is 20.1 Å². The van der Waals surface area contributed by atoms with E-state index in [1.54, 1.807) is 32.5 Å². The Balaban J connectivity index is 1.76. The molecule has 1 N–H and O–H groups in total. The highest BCUT2D eigenvalue weighted by Crippen LogP contribution is 2.38. The lowest BCUT2D eigenvalue weighted by Crippen LogP contribution is -2.10. The SMILES string of the molecule is CCOc1c(OC)cc(COc2ccc3nc(NC(=O)OC)cn3n2)cc1OC. The molecule has 0 saturated heterocycles. The number of rotatable bonds is 8. The number of methoxy groups -OCH3 is 3. The number of nitrogens with one attached hydrogen (secondary N) is 1. The van der Waals surface area contributed by atoms with Crippen LogP contribution in [0.5, 0.6) is 23.1 Å². The number of ether oxygens (including phenoxy) is 5. The average Bonchev–Trinajstić information content (AvgIpc) is 3.14. The lowest BCUT2D eigenvalue weighted by molar-refractivity contribution is 0.187. The molecule has 3 aromatic rings. The van der Waals surface area contributed by atoms with E-state index >= 15 is 0 Å². The van der Waals surface area contributed by atoms with E-state index in [0.717, 1.165) is 5.56 Å². The third kappa shape index (κ3) is 4.60. The van der Waals surface area contributed by atoms with Crippen LogP contribution in [0, 0.1) is 0 Å². The molecule has 3 rings (SSSR count). The number of aromatic nitrogens is 3. The van der Waals surface area contributed by atoms with Gasteiger partial charge in [0.05, 0.1) is 34.1 Å². The molecule has 1 amide bonds. The Morgan fingerprint density at radius 1 is 1.10 bits per heavy atom. The van der Waals surface area contributed by atoms with Crippen molar-refractivity contribution in [2.75, 3.05) is 33.3 Å². The van der Waals surface area contributed by atoms with Crippen LogP contribution < -0.4 is 24.3 Å².